The summed E-state index contributed by atoms with van der Waals surface area (Å²) >= 11 is 0. The van der Waals surface area contributed by atoms with Crippen molar-refractivity contribution in [2.24, 2.45) is 0 Å². The SMILES string of the molecule is CCn1c([C@@H]2CCCN2c2ncnc3[nH]ncc23)nc2ccccc21. The molecule has 0 bridgehead atoms. The second-order valence-electron chi connectivity index (χ2n) is 6.38. The van der Waals surface area contributed by atoms with Crippen molar-refractivity contribution in [2.45, 2.75) is 32.4 Å². The molecule has 1 saturated heterocycles. The average molecular weight is 333 g/mol. The number of benzene rings is 1. The van der Waals surface area contributed by atoms with Gasteiger partial charge in [0.2, 0.25) is 0 Å². The molecule has 0 amide bonds. The van der Waals surface area contributed by atoms with Crippen molar-refractivity contribution in [3.8, 4) is 0 Å². The van der Waals surface area contributed by atoms with Gasteiger partial charge in [0.1, 0.15) is 18.0 Å². The van der Waals surface area contributed by atoms with Crippen molar-refractivity contribution >= 4 is 27.9 Å². The Balaban J connectivity index is 1.65. The molecule has 0 unspecified atom stereocenters. The molecular weight excluding hydrogens is 314 g/mol. The topological polar surface area (TPSA) is 75.5 Å². The fourth-order valence-corrected chi connectivity index (χ4v) is 3.95. The van der Waals surface area contributed by atoms with Crippen molar-refractivity contribution < 1.29 is 0 Å². The molecule has 5 rings (SSSR count). The molecule has 126 valence electrons. The second-order valence-corrected chi connectivity index (χ2v) is 6.38. The van der Waals surface area contributed by atoms with Gasteiger partial charge < -0.3 is 9.47 Å². The van der Waals surface area contributed by atoms with E-state index in [2.05, 4.69) is 54.8 Å². The van der Waals surface area contributed by atoms with Gasteiger partial charge >= 0.3 is 0 Å². The zero-order valence-corrected chi connectivity index (χ0v) is 14.1. The minimum absolute atomic E-state index is 0.223. The maximum Gasteiger partial charge on any atom is 0.160 e. The third-order valence-corrected chi connectivity index (χ3v) is 5.05. The van der Waals surface area contributed by atoms with Gasteiger partial charge in [-0.2, -0.15) is 5.10 Å². The van der Waals surface area contributed by atoms with Gasteiger partial charge in [0.25, 0.3) is 0 Å². The fourth-order valence-electron chi connectivity index (χ4n) is 3.95. The Hall–Kier alpha value is -2.96. The molecule has 1 aliphatic heterocycles. The summed E-state index contributed by atoms with van der Waals surface area (Å²) in [5, 5.41) is 8.02. The summed E-state index contributed by atoms with van der Waals surface area (Å²) in [5.41, 5.74) is 3.03. The van der Waals surface area contributed by atoms with Gasteiger partial charge in [-0.3, -0.25) is 5.10 Å². The first kappa shape index (κ1) is 14.4. The molecule has 1 aliphatic rings. The van der Waals surface area contributed by atoms with Crippen molar-refractivity contribution in [1.29, 1.82) is 0 Å². The number of fused-ring (bicyclic) bond motifs is 2. The highest BCUT2D eigenvalue weighted by Crippen LogP contribution is 2.38. The molecule has 0 radical (unpaired) electrons. The Morgan fingerprint density at radius 1 is 1.24 bits per heavy atom. The van der Waals surface area contributed by atoms with Gasteiger partial charge in [-0.1, -0.05) is 12.1 Å². The van der Waals surface area contributed by atoms with Gasteiger partial charge in [-0.15, -0.1) is 0 Å². The molecular formula is C18H19N7. The van der Waals surface area contributed by atoms with Gasteiger partial charge in [-0.25, -0.2) is 15.0 Å². The molecule has 0 aliphatic carbocycles. The molecule has 4 aromatic rings. The third-order valence-electron chi connectivity index (χ3n) is 5.05. The van der Waals surface area contributed by atoms with Crippen LogP contribution in [0.5, 0.6) is 0 Å². The van der Waals surface area contributed by atoms with Crippen molar-refractivity contribution in [1.82, 2.24) is 29.7 Å². The predicted octanol–water partition coefficient (Wildman–Crippen LogP) is 3.06. The van der Waals surface area contributed by atoms with Gasteiger partial charge in [0.05, 0.1) is 28.7 Å². The zero-order chi connectivity index (χ0) is 16.8. The summed E-state index contributed by atoms with van der Waals surface area (Å²) in [7, 11) is 0. The molecule has 3 aromatic heterocycles. The van der Waals surface area contributed by atoms with E-state index in [0.717, 1.165) is 54.1 Å². The van der Waals surface area contributed by atoms with Crippen molar-refractivity contribution in [3.63, 3.8) is 0 Å². The molecule has 1 atom stereocenters. The van der Waals surface area contributed by atoms with Gasteiger partial charge in [-0.05, 0) is 31.9 Å². The van der Waals surface area contributed by atoms with Crippen LogP contribution in [-0.2, 0) is 6.54 Å². The van der Waals surface area contributed by atoms with Crippen LogP contribution in [0, 0.1) is 0 Å². The highest BCUT2D eigenvalue weighted by atomic mass is 15.3. The lowest BCUT2D eigenvalue weighted by Crippen LogP contribution is -2.26. The lowest BCUT2D eigenvalue weighted by Gasteiger charge is -2.26. The molecule has 1 aromatic carbocycles. The fraction of sp³-hybridized carbons (Fsp3) is 0.333. The number of rotatable bonds is 3. The van der Waals surface area contributed by atoms with E-state index in [1.165, 1.54) is 5.52 Å². The number of hydrogen-bond acceptors (Lipinski definition) is 5. The lowest BCUT2D eigenvalue weighted by molar-refractivity contribution is 0.606. The van der Waals surface area contributed by atoms with Crippen LogP contribution in [0.3, 0.4) is 0 Å². The number of aromatic amines is 1. The molecule has 1 fully saturated rings. The Labute approximate surface area is 144 Å². The van der Waals surface area contributed by atoms with E-state index >= 15 is 0 Å². The van der Waals surface area contributed by atoms with Crippen LogP contribution in [0.1, 0.15) is 31.6 Å². The highest BCUT2D eigenvalue weighted by molar-refractivity contribution is 5.86. The summed E-state index contributed by atoms with van der Waals surface area (Å²) in [6, 6.07) is 8.58. The maximum atomic E-state index is 4.96. The van der Waals surface area contributed by atoms with Crippen LogP contribution in [0.4, 0.5) is 5.82 Å². The van der Waals surface area contributed by atoms with Crippen molar-refractivity contribution in [3.05, 3.63) is 42.6 Å². The van der Waals surface area contributed by atoms with Crippen LogP contribution < -0.4 is 4.90 Å². The Bertz CT molecular complexity index is 1050. The molecule has 7 heteroatoms. The van der Waals surface area contributed by atoms with E-state index in [9.17, 15) is 0 Å². The largest absolute Gasteiger partial charge is 0.346 e. The quantitative estimate of drug-likeness (QED) is 0.623. The lowest BCUT2D eigenvalue weighted by atomic mass is 10.2. The first-order valence-electron chi connectivity index (χ1n) is 8.72. The van der Waals surface area contributed by atoms with Crippen LogP contribution in [-0.4, -0.2) is 36.3 Å². The molecule has 1 N–H and O–H groups in total. The monoisotopic (exact) mass is 333 g/mol. The molecule has 4 heterocycles. The number of aryl methyl sites for hydroxylation is 1. The first-order valence-corrected chi connectivity index (χ1v) is 8.72. The van der Waals surface area contributed by atoms with Crippen molar-refractivity contribution in [2.75, 3.05) is 11.4 Å². The van der Waals surface area contributed by atoms with Crippen LogP contribution in [0.15, 0.2) is 36.8 Å². The van der Waals surface area contributed by atoms with Gasteiger partial charge in [0, 0.05) is 13.1 Å². The molecule has 7 nitrogen and oxygen atoms in total. The number of nitrogens with zero attached hydrogens (tertiary/aromatic N) is 6. The minimum Gasteiger partial charge on any atom is -0.346 e. The molecule has 0 spiro atoms. The molecule has 25 heavy (non-hydrogen) atoms. The Morgan fingerprint density at radius 3 is 3.08 bits per heavy atom. The van der Waals surface area contributed by atoms with Gasteiger partial charge in [0.15, 0.2) is 5.65 Å². The summed E-state index contributed by atoms with van der Waals surface area (Å²) in [4.78, 5) is 16.1. The number of hydrogen-bond donors (Lipinski definition) is 1. The number of anilines is 1. The minimum atomic E-state index is 0.223. The Morgan fingerprint density at radius 2 is 2.16 bits per heavy atom. The highest BCUT2D eigenvalue weighted by Gasteiger charge is 2.32. The average Bonchev–Trinajstić information content (AvgIpc) is 3.37. The van der Waals surface area contributed by atoms with Crippen LogP contribution >= 0.6 is 0 Å². The van der Waals surface area contributed by atoms with E-state index in [0.29, 0.717) is 0 Å². The standard InChI is InChI=1S/C18H19N7/c1-2-24-14-7-4-3-6-13(14)22-18(24)15-8-5-9-25(15)17-12-10-21-23-16(12)19-11-20-17/h3-4,6-7,10-11,15H,2,5,8-9H2,1H3,(H,19,20,21,23)/t15-/m0/s1. The van der Waals surface area contributed by atoms with E-state index < -0.39 is 0 Å². The first-order chi connectivity index (χ1) is 12.4. The summed E-state index contributed by atoms with van der Waals surface area (Å²) in [5.74, 6) is 2.06. The maximum absolute atomic E-state index is 4.96. The predicted molar refractivity (Wildman–Crippen MR) is 96.4 cm³/mol. The number of para-hydroxylation sites is 2. The van der Waals surface area contributed by atoms with Crippen LogP contribution in [0.2, 0.25) is 0 Å². The Kier molecular flexibility index (Phi) is 3.19. The van der Waals surface area contributed by atoms with E-state index in [1.54, 1.807) is 6.33 Å². The summed E-state index contributed by atoms with van der Waals surface area (Å²) < 4.78 is 2.33. The normalized spacial score (nSPS) is 17.8. The third kappa shape index (κ3) is 2.12. The van der Waals surface area contributed by atoms with E-state index in [4.69, 9.17) is 4.98 Å². The number of H-pyrrole nitrogens is 1. The summed E-state index contributed by atoms with van der Waals surface area (Å²) in [6.45, 7) is 4.05. The van der Waals surface area contributed by atoms with Crippen LogP contribution in [0.25, 0.3) is 22.1 Å². The second kappa shape index (κ2) is 5.54. The number of aromatic nitrogens is 6. The number of imidazole rings is 1. The van der Waals surface area contributed by atoms with E-state index in [-0.39, 0.29) is 6.04 Å². The van der Waals surface area contributed by atoms with E-state index in [1.807, 2.05) is 12.3 Å². The smallest absolute Gasteiger partial charge is 0.160 e. The zero-order valence-electron chi connectivity index (χ0n) is 14.1. The number of nitrogens with one attached hydrogen (secondary N) is 1. The summed E-state index contributed by atoms with van der Waals surface area (Å²) in [6.07, 6.45) is 5.62. The molecule has 0 saturated carbocycles.